The standard InChI is InChI=1S/C17H35/c1-4-6-8-10-11-12-14-16-17(3)15-13-9-7-5-2/h14,17H,4-13,15-16H2,1-3H3. The molecule has 0 rings (SSSR count). The molecule has 0 amide bonds. The summed E-state index contributed by atoms with van der Waals surface area (Å²) in [5, 5.41) is 0. The molecule has 17 heavy (non-hydrogen) atoms. The van der Waals surface area contributed by atoms with Crippen molar-refractivity contribution in [2.45, 2.75) is 97.8 Å². The SMILES string of the molecule is CCCCCCC[CH]CC(C)CCCCCC. The van der Waals surface area contributed by atoms with Gasteiger partial charge in [-0.1, -0.05) is 91.4 Å². The Morgan fingerprint density at radius 2 is 1.35 bits per heavy atom. The molecular formula is C17H35. The van der Waals surface area contributed by atoms with Gasteiger partial charge in [-0.2, -0.15) is 0 Å². The lowest BCUT2D eigenvalue weighted by atomic mass is 9.96. The molecule has 0 N–H and O–H groups in total. The summed E-state index contributed by atoms with van der Waals surface area (Å²) in [7, 11) is 0. The molecule has 0 aliphatic heterocycles. The fourth-order valence-corrected chi connectivity index (χ4v) is 2.33. The summed E-state index contributed by atoms with van der Waals surface area (Å²) in [6.07, 6.45) is 19.4. The van der Waals surface area contributed by atoms with Crippen LogP contribution >= 0.6 is 0 Å². The molecule has 103 valence electrons. The zero-order valence-electron chi connectivity index (χ0n) is 12.6. The highest BCUT2D eigenvalue weighted by atomic mass is 14.1. The highest BCUT2D eigenvalue weighted by molar-refractivity contribution is 4.69. The lowest BCUT2D eigenvalue weighted by Crippen LogP contribution is -1.95. The summed E-state index contributed by atoms with van der Waals surface area (Å²) in [4.78, 5) is 0. The zero-order valence-corrected chi connectivity index (χ0v) is 12.6. The van der Waals surface area contributed by atoms with E-state index in [0.717, 1.165) is 5.92 Å². The number of hydrogen-bond acceptors (Lipinski definition) is 0. The van der Waals surface area contributed by atoms with Gasteiger partial charge in [-0.15, -0.1) is 0 Å². The second-order valence-corrected chi connectivity index (χ2v) is 5.68. The summed E-state index contributed by atoms with van der Waals surface area (Å²) in [5.41, 5.74) is 0. The fraction of sp³-hybridized carbons (Fsp3) is 0.941. The van der Waals surface area contributed by atoms with E-state index in [0.29, 0.717) is 0 Å². The Morgan fingerprint density at radius 3 is 2.00 bits per heavy atom. The van der Waals surface area contributed by atoms with Crippen molar-refractivity contribution in [2.24, 2.45) is 5.92 Å². The Hall–Kier alpha value is 0. The van der Waals surface area contributed by atoms with Crippen LogP contribution in [0.4, 0.5) is 0 Å². The van der Waals surface area contributed by atoms with E-state index in [4.69, 9.17) is 0 Å². The van der Waals surface area contributed by atoms with E-state index in [1.807, 2.05) is 0 Å². The van der Waals surface area contributed by atoms with Crippen molar-refractivity contribution < 1.29 is 0 Å². The van der Waals surface area contributed by atoms with Gasteiger partial charge in [-0.05, 0) is 18.8 Å². The van der Waals surface area contributed by atoms with Gasteiger partial charge in [0.2, 0.25) is 0 Å². The average Bonchev–Trinajstić information content (AvgIpc) is 2.33. The molecule has 0 aromatic rings. The van der Waals surface area contributed by atoms with Gasteiger partial charge in [-0.3, -0.25) is 0 Å². The predicted molar refractivity (Wildman–Crippen MR) is 80.2 cm³/mol. The Bertz CT molecular complexity index is 128. The second kappa shape index (κ2) is 14.1. The van der Waals surface area contributed by atoms with Gasteiger partial charge in [0.15, 0.2) is 0 Å². The van der Waals surface area contributed by atoms with Crippen molar-refractivity contribution in [3.8, 4) is 0 Å². The Kier molecular flexibility index (Phi) is 14.1. The van der Waals surface area contributed by atoms with Crippen LogP contribution in [0.1, 0.15) is 97.8 Å². The van der Waals surface area contributed by atoms with Gasteiger partial charge in [0.1, 0.15) is 0 Å². The van der Waals surface area contributed by atoms with Crippen LogP contribution in [0.2, 0.25) is 0 Å². The monoisotopic (exact) mass is 239 g/mol. The largest absolute Gasteiger partial charge is 0.0654 e. The highest BCUT2D eigenvalue weighted by Gasteiger charge is 2.01. The minimum absolute atomic E-state index is 0.919. The maximum atomic E-state index is 2.54. The average molecular weight is 239 g/mol. The maximum absolute atomic E-state index is 2.54. The molecule has 0 aromatic carbocycles. The van der Waals surface area contributed by atoms with Crippen LogP contribution in [0, 0.1) is 12.3 Å². The van der Waals surface area contributed by atoms with Crippen LogP contribution in [0.25, 0.3) is 0 Å². The van der Waals surface area contributed by atoms with Gasteiger partial charge in [0.25, 0.3) is 0 Å². The van der Waals surface area contributed by atoms with Crippen molar-refractivity contribution >= 4 is 0 Å². The van der Waals surface area contributed by atoms with Crippen molar-refractivity contribution in [3.63, 3.8) is 0 Å². The van der Waals surface area contributed by atoms with Crippen LogP contribution in [0.15, 0.2) is 0 Å². The first-order chi connectivity index (χ1) is 8.31. The fourth-order valence-electron chi connectivity index (χ4n) is 2.33. The Labute approximate surface area is 111 Å². The minimum Gasteiger partial charge on any atom is -0.0654 e. The van der Waals surface area contributed by atoms with Crippen LogP contribution in [-0.4, -0.2) is 0 Å². The van der Waals surface area contributed by atoms with E-state index in [2.05, 4.69) is 27.2 Å². The molecule has 0 saturated heterocycles. The van der Waals surface area contributed by atoms with Crippen molar-refractivity contribution in [1.29, 1.82) is 0 Å². The summed E-state index contributed by atoms with van der Waals surface area (Å²) >= 11 is 0. The van der Waals surface area contributed by atoms with Crippen LogP contribution in [0.5, 0.6) is 0 Å². The lowest BCUT2D eigenvalue weighted by molar-refractivity contribution is 0.474. The molecule has 1 atom stereocenters. The Balaban J connectivity index is 3.08. The molecule has 0 heterocycles. The van der Waals surface area contributed by atoms with Gasteiger partial charge in [0, 0.05) is 0 Å². The molecule has 0 heteroatoms. The van der Waals surface area contributed by atoms with Crippen molar-refractivity contribution in [3.05, 3.63) is 6.42 Å². The molecule has 0 nitrogen and oxygen atoms in total. The van der Waals surface area contributed by atoms with Crippen LogP contribution in [-0.2, 0) is 0 Å². The third kappa shape index (κ3) is 13.9. The van der Waals surface area contributed by atoms with Crippen LogP contribution < -0.4 is 0 Å². The molecule has 0 saturated carbocycles. The number of unbranched alkanes of at least 4 members (excludes halogenated alkanes) is 9. The van der Waals surface area contributed by atoms with E-state index >= 15 is 0 Å². The highest BCUT2D eigenvalue weighted by Crippen LogP contribution is 2.17. The predicted octanol–water partition coefficient (Wildman–Crippen LogP) is 6.55. The first-order valence-corrected chi connectivity index (χ1v) is 8.12. The zero-order chi connectivity index (χ0) is 12.8. The third-order valence-electron chi connectivity index (χ3n) is 3.63. The minimum atomic E-state index is 0.919. The molecule has 0 bridgehead atoms. The maximum Gasteiger partial charge on any atom is -0.0383 e. The van der Waals surface area contributed by atoms with E-state index in [1.165, 1.54) is 77.0 Å². The lowest BCUT2D eigenvalue weighted by Gasteiger charge is -2.10. The topological polar surface area (TPSA) is 0 Å². The molecule has 0 aromatic heterocycles. The Morgan fingerprint density at radius 1 is 0.765 bits per heavy atom. The summed E-state index contributed by atoms with van der Waals surface area (Å²) in [6.45, 7) is 6.99. The summed E-state index contributed by atoms with van der Waals surface area (Å²) < 4.78 is 0. The molecule has 0 aliphatic rings. The van der Waals surface area contributed by atoms with E-state index in [1.54, 1.807) is 0 Å². The van der Waals surface area contributed by atoms with Gasteiger partial charge < -0.3 is 0 Å². The van der Waals surface area contributed by atoms with Gasteiger partial charge in [0.05, 0.1) is 0 Å². The molecule has 0 fully saturated rings. The number of hydrogen-bond donors (Lipinski definition) is 0. The van der Waals surface area contributed by atoms with E-state index in [9.17, 15) is 0 Å². The first-order valence-electron chi connectivity index (χ1n) is 8.12. The molecular weight excluding hydrogens is 204 g/mol. The first kappa shape index (κ1) is 17.0. The van der Waals surface area contributed by atoms with Crippen molar-refractivity contribution in [2.75, 3.05) is 0 Å². The van der Waals surface area contributed by atoms with Crippen molar-refractivity contribution in [1.82, 2.24) is 0 Å². The third-order valence-corrected chi connectivity index (χ3v) is 3.63. The summed E-state index contributed by atoms with van der Waals surface area (Å²) in [5.74, 6) is 0.919. The van der Waals surface area contributed by atoms with Crippen LogP contribution in [0.3, 0.4) is 0 Å². The van der Waals surface area contributed by atoms with E-state index < -0.39 is 0 Å². The molecule has 0 aliphatic carbocycles. The van der Waals surface area contributed by atoms with Gasteiger partial charge in [-0.25, -0.2) is 0 Å². The molecule has 0 spiro atoms. The molecule has 1 unspecified atom stereocenters. The van der Waals surface area contributed by atoms with Gasteiger partial charge >= 0.3 is 0 Å². The number of rotatable bonds is 13. The van der Waals surface area contributed by atoms with E-state index in [-0.39, 0.29) is 0 Å². The quantitative estimate of drug-likeness (QED) is 0.320. The normalized spacial score (nSPS) is 12.9. The smallest absolute Gasteiger partial charge is 0.0383 e. The summed E-state index contributed by atoms with van der Waals surface area (Å²) in [6, 6.07) is 0. The second-order valence-electron chi connectivity index (χ2n) is 5.68. The molecule has 1 radical (unpaired) electrons.